The minimum absolute atomic E-state index is 0.174. The zero-order valence-corrected chi connectivity index (χ0v) is 35.7. The molecule has 1 heterocycles. The number of unbranched alkanes of at least 4 members (excludes halogenated alkanes) is 34. The first-order valence-corrected chi connectivity index (χ1v) is 24.2. The minimum Gasteiger partial charge on any atom is -0.465 e. The summed E-state index contributed by atoms with van der Waals surface area (Å²) in [6.07, 6.45) is 50.4. The molecule has 2 fully saturated rings. The molecule has 5 nitrogen and oxygen atoms in total. The van der Waals surface area contributed by atoms with Crippen LogP contribution in [0.3, 0.4) is 0 Å². The monoisotopic (exact) mass is 747 g/mol. The van der Waals surface area contributed by atoms with Gasteiger partial charge in [0.05, 0.1) is 25.2 Å². The van der Waals surface area contributed by atoms with Gasteiger partial charge in [0.15, 0.2) is 0 Å². The third-order valence-corrected chi connectivity index (χ3v) is 12.3. The number of carbonyl (C=O) groups is 2. The van der Waals surface area contributed by atoms with Crippen molar-refractivity contribution in [1.82, 2.24) is 0 Å². The molecule has 0 aromatic rings. The third-order valence-electron chi connectivity index (χ3n) is 12.3. The van der Waals surface area contributed by atoms with Gasteiger partial charge in [0.2, 0.25) is 5.60 Å². The predicted molar refractivity (Wildman–Crippen MR) is 224 cm³/mol. The van der Waals surface area contributed by atoms with Gasteiger partial charge in [-0.2, -0.15) is 0 Å². The highest BCUT2D eigenvalue weighted by atomic mass is 16.7. The van der Waals surface area contributed by atoms with E-state index in [-0.39, 0.29) is 18.0 Å². The average Bonchev–Trinajstić information content (AvgIpc) is 3.93. The number of fused-ring (bicyclic) bond motifs is 1. The van der Waals surface area contributed by atoms with Gasteiger partial charge >= 0.3 is 11.9 Å². The first-order valence-electron chi connectivity index (χ1n) is 24.2. The highest BCUT2D eigenvalue weighted by molar-refractivity contribution is 5.91. The molecule has 1 saturated carbocycles. The molecule has 5 heteroatoms. The summed E-state index contributed by atoms with van der Waals surface area (Å²) in [6, 6.07) is 0. The number of hydrogen-bond donors (Lipinski definition) is 0. The van der Waals surface area contributed by atoms with Gasteiger partial charge in [0.25, 0.3) is 0 Å². The lowest BCUT2D eigenvalue weighted by molar-refractivity contribution is -0.163. The van der Waals surface area contributed by atoms with Crippen molar-refractivity contribution in [3.05, 3.63) is 0 Å². The lowest BCUT2D eigenvalue weighted by Crippen LogP contribution is -2.44. The zero-order chi connectivity index (χ0) is 37.9. The topological polar surface area (TPSA) is 65.1 Å². The molecule has 0 radical (unpaired) electrons. The molecular weight excluding hydrogens is 657 g/mol. The Balaban J connectivity index is 1.37. The number of ether oxygens (including phenoxy) is 3. The summed E-state index contributed by atoms with van der Waals surface area (Å²) in [5, 5.41) is 0. The summed E-state index contributed by atoms with van der Waals surface area (Å²) < 4.78 is 17.3. The van der Waals surface area contributed by atoms with E-state index in [9.17, 15) is 9.59 Å². The quantitative estimate of drug-likeness (QED) is 0.0355. The Kier molecular flexibility index (Phi) is 31.0. The largest absolute Gasteiger partial charge is 0.465 e. The van der Waals surface area contributed by atoms with Gasteiger partial charge < -0.3 is 14.2 Å². The maximum atomic E-state index is 13.2. The molecule has 0 amide bonds. The minimum atomic E-state index is -1.07. The molecule has 2 aliphatic rings. The lowest BCUT2D eigenvalue weighted by atomic mass is 9.79. The summed E-state index contributed by atoms with van der Waals surface area (Å²) >= 11 is 0. The Hall–Kier alpha value is -1.10. The second-order valence-corrected chi connectivity index (χ2v) is 17.2. The van der Waals surface area contributed by atoms with Crippen molar-refractivity contribution in [1.29, 1.82) is 0 Å². The first kappa shape index (κ1) is 48.0. The smallest absolute Gasteiger partial charge is 0.342 e. The van der Waals surface area contributed by atoms with E-state index in [1.54, 1.807) is 0 Å². The van der Waals surface area contributed by atoms with Crippen molar-refractivity contribution in [2.24, 2.45) is 5.92 Å². The Morgan fingerprint density at radius 3 is 1.08 bits per heavy atom. The molecule has 3 unspecified atom stereocenters. The highest BCUT2D eigenvalue weighted by Crippen LogP contribution is 2.52. The van der Waals surface area contributed by atoms with Crippen LogP contribution in [0.1, 0.15) is 264 Å². The van der Waals surface area contributed by atoms with Gasteiger partial charge in [-0.3, -0.25) is 4.79 Å². The molecular formula is C48H90O5. The van der Waals surface area contributed by atoms with E-state index in [2.05, 4.69) is 13.8 Å². The average molecular weight is 747 g/mol. The van der Waals surface area contributed by atoms with E-state index < -0.39 is 11.5 Å². The summed E-state index contributed by atoms with van der Waals surface area (Å²) in [5.74, 6) is -1.10. The number of hydrogen-bond acceptors (Lipinski definition) is 5. The molecule has 0 aromatic carbocycles. The second kappa shape index (κ2) is 34.2. The normalized spacial score (nSPS) is 19.3. The molecule has 0 N–H and O–H groups in total. The predicted octanol–water partition coefficient (Wildman–Crippen LogP) is 15.1. The van der Waals surface area contributed by atoms with Crippen molar-refractivity contribution >= 4 is 11.9 Å². The van der Waals surface area contributed by atoms with Crippen LogP contribution < -0.4 is 0 Å². The van der Waals surface area contributed by atoms with Gasteiger partial charge in [0, 0.05) is 0 Å². The van der Waals surface area contributed by atoms with E-state index in [0.29, 0.717) is 19.6 Å². The molecule has 53 heavy (non-hydrogen) atoms. The van der Waals surface area contributed by atoms with Crippen LogP contribution in [0, 0.1) is 5.92 Å². The Morgan fingerprint density at radius 2 is 0.736 bits per heavy atom. The fraction of sp³-hybridized carbons (Fsp3) is 0.958. The number of rotatable bonds is 40. The summed E-state index contributed by atoms with van der Waals surface area (Å²) in [7, 11) is 0. The molecule has 2 rings (SSSR count). The zero-order valence-electron chi connectivity index (χ0n) is 35.7. The summed E-state index contributed by atoms with van der Waals surface area (Å²) in [4.78, 5) is 26.2. The van der Waals surface area contributed by atoms with Crippen LogP contribution in [-0.4, -0.2) is 36.9 Å². The second-order valence-electron chi connectivity index (χ2n) is 17.2. The number of epoxide rings is 1. The molecule has 3 atom stereocenters. The van der Waals surface area contributed by atoms with Crippen LogP contribution in [0.15, 0.2) is 0 Å². The van der Waals surface area contributed by atoms with E-state index in [4.69, 9.17) is 14.2 Å². The molecule has 1 aliphatic heterocycles. The molecule has 1 aliphatic carbocycles. The van der Waals surface area contributed by atoms with Crippen molar-refractivity contribution in [2.45, 2.75) is 276 Å². The standard InChI is InChI=1S/C48H90O5/c1-3-5-7-9-11-13-15-17-19-21-23-25-27-29-31-33-35-37-42-51-46(49)44-40-39-41-45-48(44,53-45)47(50)52-43-38-36-34-32-30-28-26-24-22-20-18-16-14-12-10-8-6-4-2/h44-45H,3-43H2,1-2H3. The van der Waals surface area contributed by atoms with E-state index in [0.717, 1.165) is 38.5 Å². The summed E-state index contributed by atoms with van der Waals surface area (Å²) in [6.45, 7) is 5.45. The maximum Gasteiger partial charge on any atom is 0.342 e. The lowest BCUT2D eigenvalue weighted by Gasteiger charge is -2.25. The van der Waals surface area contributed by atoms with E-state index >= 15 is 0 Å². The molecule has 0 bridgehead atoms. The molecule has 0 spiro atoms. The van der Waals surface area contributed by atoms with Crippen LogP contribution in [0.2, 0.25) is 0 Å². The molecule has 0 aromatic heterocycles. The fourth-order valence-corrected chi connectivity index (χ4v) is 8.68. The molecule has 312 valence electrons. The van der Waals surface area contributed by atoms with Gasteiger partial charge in [0.1, 0.15) is 0 Å². The third kappa shape index (κ3) is 23.5. The van der Waals surface area contributed by atoms with Gasteiger partial charge in [-0.1, -0.05) is 232 Å². The highest BCUT2D eigenvalue weighted by Gasteiger charge is 2.71. The van der Waals surface area contributed by atoms with Crippen LogP contribution in [0.25, 0.3) is 0 Å². The van der Waals surface area contributed by atoms with E-state index in [1.807, 2.05) is 0 Å². The van der Waals surface area contributed by atoms with Crippen molar-refractivity contribution in [3.8, 4) is 0 Å². The number of esters is 2. The number of carbonyl (C=O) groups excluding carboxylic acids is 2. The van der Waals surface area contributed by atoms with Crippen LogP contribution in [0.4, 0.5) is 0 Å². The van der Waals surface area contributed by atoms with Gasteiger partial charge in [-0.15, -0.1) is 0 Å². The first-order chi connectivity index (χ1) is 26.2. The van der Waals surface area contributed by atoms with Crippen LogP contribution in [0.5, 0.6) is 0 Å². The van der Waals surface area contributed by atoms with Crippen LogP contribution in [-0.2, 0) is 23.8 Å². The Labute approximate surface area is 330 Å². The Morgan fingerprint density at radius 1 is 0.434 bits per heavy atom. The summed E-state index contributed by atoms with van der Waals surface area (Å²) in [5.41, 5.74) is -1.07. The SMILES string of the molecule is CCCCCCCCCCCCCCCCCCCCOC(=O)C1CCCC2OC21C(=O)OCCCCCCCCCCCCCCCCCCCC. The molecule has 1 saturated heterocycles. The van der Waals surface area contributed by atoms with Gasteiger partial charge in [-0.05, 0) is 32.1 Å². The van der Waals surface area contributed by atoms with Crippen molar-refractivity contribution in [2.75, 3.05) is 13.2 Å². The van der Waals surface area contributed by atoms with Crippen molar-refractivity contribution in [3.63, 3.8) is 0 Å². The van der Waals surface area contributed by atoms with E-state index in [1.165, 1.54) is 205 Å². The Bertz CT molecular complexity index is 844. The van der Waals surface area contributed by atoms with Gasteiger partial charge in [-0.25, -0.2) is 4.79 Å². The van der Waals surface area contributed by atoms with Crippen molar-refractivity contribution < 1.29 is 23.8 Å². The fourth-order valence-electron chi connectivity index (χ4n) is 8.68. The van der Waals surface area contributed by atoms with Crippen LogP contribution >= 0.6 is 0 Å². The maximum absolute atomic E-state index is 13.2.